The van der Waals surface area contributed by atoms with Gasteiger partial charge in [0.15, 0.2) is 0 Å². The number of rotatable bonds is 4. The van der Waals surface area contributed by atoms with Crippen molar-refractivity contribution < 1.29 is 0 Å². The number of halogens is 1. The number of thiol groups is 2. The zero-order valence-corrected chi connectivity index (χ0v) is 14.6. The van der Waals surface area contributed by atoms with Crippen molar-refractivity contribution in [3.63, 3.8) is 0 Å². The lowest BCUT2D eigenvalue weighted by Gasteiger charge is -2.20. The molecule has 0 aliphatic heterocycles. The largest absolute Gasteiger partial charge is 0.369 e. The lowest BCUT2D eigenvalue weighted by Crippen LogP contribution is -2.34. The van der Waals surface area contributed by atoms with Crippen LogP contribution in [0.25, 0.3) is 0 Å². The number of hydrogen-bond donors (Lipinski definition) is 4. The van der Waals surface area contributed by atoms with Crippen LogP contribution in [0, 0.1) is 6.92 Å². The average molecular weight is 381 g/mol. The SMILES string of the molecule is Cc1cc(C(CNC(=S)S)NC(=S)S)ccc1Br. The van der Waals surface area contributed by atoms with Gasteiger partial charge in [-0.15, -0.1) is 25.3 Å². The lowest BCUT2D eigenvalue weighted by atomic mass is 10.0. The quantitative estimate of drug-likeness (QED) is 0.474. The molecule has 1 aromatic carbocycles. The van der Waals surface area contributed by atoms with Crippen LogP contribution in [0.15, 0.2) is 22.7 Å². The van der Waals surface area contributed by atoms with Gasteiger partial charge in [0.2, 0.25) is 0 Å². The maximum atomic E-state index is 4.97. The fraction of sp³-hybridized carbons (Fsp3) is 0.273. The summed E-state index contributed by atoms with van der Waals surface area (Å²) in [6, 6.07) is 6.15. The van der Waals surface area contributed by atoms with Gasteiger partial charge in [-0.25, -0.2) is 0 Å². The summed E-state index contributed by atoms with van der Waals surface area (Å²) in [5.74, 6) is 0. The average Bonchev–Trinajstić information content (AvgIpc) is 2.27. The first-order valence-electron chi connectivity index (χ1n) is 5.12. The predicted molar refractivity (Wildman–Crippen MR) is 95.9 cm³/mol. The van der Waals surface area contributed by atoms with Crippen molar-refractivity contribution >= 4 is 74.3 Å². The first-order valence-corrected chi connectivity index (χ1v) is 7.63. The molecule has 0 radical (unpaired) electrons. The molecule has 0 heterocycles. The molecule has 7 heteroatoms. The van der Waals surface area contributed by atoms with Crippen LogP contribution in [0.3, 0.4) is 0 Å². The third kappa shape index (κ3) is 5.44. The summed E-state index contributed by atoms with van der Waals surface area (Å²) >= 11 is 21.5. The minimum absolute atomic E-state index is 0.00639. The first kappa shape index (κ1) is 16.2. The van der Waals surface area contributed by atoms with Crippen LogP contribution >= 0.6 is 65.6 Å². The van der Waals surface area contributed by atoms with E-state index in [0.29, 0.717) is 15.2 Å². The molecular weight excluding hydrogens is 368 g/mol. The van der Waals surface area contributed by atoms with Gasteiger partial charge in [-0.3, -0.25) is 0 Å². The fourth-order valence-electron chi connectivity index (χ4n) is 1.48. The van der Waals surface area contributed by atoms with Crippen LogP contribution in [-0.4, -0.2) is 15.2 Å². The van der Waals surface area contributed by atoms with E-state index in [2.05, 4.69) is 57.9 Å². The van der Waals surface area contributed by atoms with Gasteiger partial charge in [0, 0.05) is 11.0 Å². The van der Waals surface area contributed by atoms with Crippen LogP contribution in [0.5, 0.6) is 0 Å². The third-order valence-corrected chi connectivity index (χ3v) is 3.78. The smallest absolute Gasteiger partial charge is 0.131 e. The number of thiocarbonyl (C=S) groups is 2. The monoisotopic (exact) mass is 380 g/mol. The Bertz CT molecular complexity index is 464. The van der Waals surface area contributed by atoms with E-state index in [9.17, 15) is 0 Å². The zero-order valence-electron chi connectivity index (χ0n) is 9.61. The molecule has 1 aromatic rings. The second-order valence-corrected chi connectivity index (χ2v) is 6.87. The van der Waals surface area contributed by atoms with E-state index in [0.717, 1.165) is 15.6 Å². The molecule has 1 rings (SSSR count). The van der Waals surface area contributed by atoms with Crippen molar-refractivity contribution in [1.29, 1.82) is 0 Å². The second kappa shape index (κ2) is 7.69. The van der Waals surface area contributed by atoms with Gasteiger partial charge in [-0.2, -0.15) is 0 Å². The molecule has 0 aliphatic rings. The number of aryl methyl sites for hydroxylation is 1. The van der Waals surface area contributed by atoms with E-state index < -0.39 is 0 Å². The van der Waals surface area contributed by atoms with Crippen molar-refractivity contribution in [3.8, 4) is 0 Å². The molecule has 0 bridgehead atoms. The van der Waals surface area contributed by atoms with E-state index in [1.54, 1.807) is 0 Å². The van der Waals surface area contributed by atoms with E-state index in [1.807, 2.05) is 19.1 Å². The Labute approximate surface area is 137 Å². The van der Waals surface area contributed by atoms with Gasteiger partial charge in [-0.1, -0.05) is 52.5 Å². The Kier molecular flexibility index (Phi) is 6.94. The summed E-state index contributed by atoms with van der Waals surface area (Å²) in [7, 11) is 0. The van der Waals surface area contributed by atoms with Crippen molar-refractivity contribution in [3.05, 3.63) is 33.8 Å². The van der Waals surface area contributed by atoms with Gasteiger partial charge in [0.1, 0.15) is 8.64 Å². The van der Waals surface area contributed by atoms with Crippen LogP contribution in [0.1, 0.15) is 17.2 Å². The maximum Gasteiger partial charge on any atom is 0.131 e. The van der Waals surface area contributed by atoms with Crippen molar-refractivity contribution in [2.45, 2.75) is 13.0 Å². The Morgan fingerprint density at radius 3 is 2.50 bits per heavy atom. The Morgan fingerprint density at radius 2 is 2.00 bits per heavy atom. The summed E-state index contributed by atoms with van der Waals surface area (Å²) < 4.78 is 1.99. The molecule has 0 spiro atoms. The Morgan fingerprint density at radius 1 is 1.33 bits per heavy atom. The third-order valence-electron chi connectivity index (χ3n) is 2.34. The molecule has 0 saturated heterocycles. The van der Waals surface area contributed by atoms with E-state index in [4.69, 9.17) is 24.4 Å². The Hall–Kier alpha value is 0.180. The Balaban J connectivity index is 2.89. The highest BCUT2D eigenvalue weighted by molar-refractivity contribution is 9.10. The van der Waals surface area contributed by atoms with Crippen LogP contribution < -0.4 is 10.6 Å². The molecular formula is C11H13BrN2S4. The number of nitrogens with one attached hydrogen (secondary N) is 2. The molecule has 0 aliphatic carbocycles. The highest BCUT2D eigenvalue weighted by Crippen LogP contribution is 2.21. The summed E-state index contributed by atoms with van der Waals surface area (Å²) in [5.41, 5.74) is 2.28. The molecule has 1 unspecified atom stereocenters. The standard InChI is InChI=1S/C11H13BrN2S4/c1-6-4-7(2-3-8(6)12)9(14-11(17)18)5-13-10(15)16/h2-4,9H,5H2,1H3,(H2,13,15,16)(H2,14,17,18). The molecule has 2 nitrogen and oxygen atoms in total. The van der Waals surface area contributed by atoms with E-state index in [1.165, 1.54) is 0 Å². The number of hydrogen-bond acceptors (Lipinski definition) is 2. The molecule has 2 N–H and O–H groups in total. The molecule has 0 aromatic heterocycles. The van der Waals surface area contributed by atoms with Gasteiger partial charge < -0.3 is 10.6 Å². The molecule has 0 amide bonds. The summed E-state index contributed by atoms with van der Waals surface area (Å²) in [5, 5.41) is 6.13. The fourth-order valence-corrected chi connectivity index (χ4v) is 2.19. The number of benzene rings is 1. The topological polar surface area (TPSA) is 24.1 Å². The van der Waals surface area contributed by atoms with Crippen LogP contribution in [0.4, 0.5) is 0 Å². The second-order valence-electron chi connectivity index (χ2n) is 3.70. The van der Waals surface area contributed by atoms with E-state index >= 15 is 0 Å². The summed E-state index contributed by atoms with van der Waals surface area (Å²) in [4.78, 5) is 0. The minimum Gasteiger partial charge on any atom is -0.369 e. The van der Waals surface area contributed by atoms with Crippen molar-refractivity contribution in [1.82, 2.24) is 10.6 Å². The summed E-state index contributed by atoms with van der Waals surface area (Å²) in [6.07, 6.45) is 0. The molecule has 0 fully saturated rings. The highest BCUT2D eigenvalue weighted by atomic mass is 79.9. The first-order chi connectivity index (χ1) is 8.40. The van der Waals surface area contributed by atoms with Crippen LogP contribution in [0.2, 0.25) is 0 Å². The zero-order chi connectivity index (χ0) is 13.7. The van der Waals surface area contributed by atoms with E-state index in [-0.39, 0.29) is 6.04 Å². The molecule has 98 valence electrons. The molecule has 1 atom stereocenters. The highest BCUT2D eigenvalue weighted by Gasteiger charge is 2.12. The maximum absolute atomic E-state index is 4.97. The van der Waals surface area contributed by atoms with Crippen molar-refractivity contribution in [2.75, 3.05) is 6.54 Å². The van der Waals surface area contributed by atoms with Crippen LogP contribution in [-0.2, 0) is 0 Å². The minimum atomic E-state index is 0.00639. The predicted octanol–water partition coefficient (Wildman–Crippen LogP) is 3.41. The summed E-state index contributed by atoms with van der Waals surface area (Å²) in [6.45, 7) is 2.64. The van der Waals surface area contributed by atoms with Gasteiger partial charge in [0.05, 0.1) is 6.04 Å². The molecule has 0 saturated carbocycles. The molecule has 18 heavy (non-hydrogen) atoms. The van der Waals surface area contributed by atoms with Gasteiger partial charge in [0.25, 0.3) is 0 Å². The van der Waals surface area contributed by atoms with Gasteiger partial charge in [-0.05, 0) is 24.1 Å². The van der Waals surface area contributed by atoms with Gasteiger partial charge >= 0.3 is 0 Å². The lowest BCUT2D eigenvalue weighted by molar-refractivity contribution is 0.637. The normalized spacial score (nSPS) is 11.8. The van der Waals surface area contributed by atoms with Crippen molar-refractivity contribution in [2.24, 2.45) is 0 Å².